The average Bonchev–Trinajstić information content (AvgIpc) is 3.59. The fourth-order valence-electron chi connectivity index (χ4n) is 3.77. The van der Waals surface area contributed by atoms with Crippen LogP contribution in [-0.2, 0) is 13.1 Å². The maximum Gasteiger partial charge on any atom is 0.277 e. The van der Waals surface area contributed by atoms with Gasteiger partial charge in [-0.1, -0.05) is 48.1 Å². The summed E-state index contributed by atoms with van der Waals surface area (Å²) >= 11 is 0. The molecule has 0 atom stereocenters. The van der Waals surface area contributed by atoms with Crippen LogP contribution in [0.25, 0.3) is 28.0 Å². The largest absolute Gasteiger partial charge is 0.456 e. The number of nitrogens with one attached hydrogen (secondary N) is 2. The van der Waals surface area contributed by atoms with Crippen LogP contribution in [0.5, 0.6) is 0 Å². The topological polar surface area (TPSA) is 83.9 Å². The monoisotopic (exact) mass is 436 g/mol. The predicted octanol–water partition coefficient (Wildman–Crippen LogP) is 5.69. The van der Waals surface area contributed by atoms with Crippen LogP contribution in [0.2, 0.25) is 0 Å². The molecule has 1 aliphatic carbocycles. The summed E-state index contributed by atoms with van der Waals surface area (Å²) in [5, 5.41) is 12.5. The highest BCUT2D eigenvalue weighted by atomic mass is 16.3. The predicted molar refractivity (Wildman–Crippen MR) is 134 cm³/mol. The second-order valence-corrected chi connectivity index (χ2v) is 8.00. The Hall–Kier alpha value is -4.19. The van der Waals surface area contributed by atoms with Crippen molar-refractivity contribution in [3.8, 4) is 0 Å². The number of para-hydroxylation sites is 1. The molecule has 5 rings (SSSR count). The number of aromatic nitrogens is 2. The third-order valence-electron chi connectivity index (χ3n) is 5.67. The second-order valence-electron chi connectivity index (χ2n) is 8.00. The zero-order chi connectivity index (χ0) is 22.6. The van der Waals surface area contributed by atoms with Crippen LogP contribution in [0.1, 0.15) is 24.2 Å². The molecule has 1 aliphatic rings. The van der Waals surface area contributed by atoms with E-state index in [1.807, 2.05) is 30.3 Å². The summed E-state index contributed by atoms with van der Waals surface area (Å²) in [4.78, 5) is 17.7. The summed E-state index contributed by atoms with van der Waals surface area (Å²) in [6.45, 7) is 1.00. The minimum Gasteiger partial charge on any atom is -0.456 e. The van der Waals surface area contributed by atoms with Crippen LogP contribution in [0.3, 0.4) is 0 Å². The smallest absolute Gasteiger partial charge is 0.277 e. The van der Waals surface area contributed by atoms with Gasteiger partial charge < -0.3 is 15.1 Å². The minimum absolute atomic E-state index is 0.104. The van der Waals surface area contributed by atoms with Gasteiger partial charge in [0.1, 0.15) is 22.7 Å². The first-order valence-electron chi connectivity index (χ1n) is 11.0. The van der Waals surface area contributed by atoms with Crippen molar-refractivity contribution in [2.45, 2.75) is 25.9 Å². The molecule has 2 aromatic heterocycles. The van der Waals surface area contributed by atoms with Crippen LogP contribution < -0.4 is 10.9 Å². The number of fused-ring (bicyclic) bond motifs is 3. The van der Waals surface area contributed by atoms with E-state index in [9.17, 15) is 4.79 Å². The fourth-order valence-corrected chi connectivity index (χ4v) is 3.77. The number of hydrogen-bond acceptors (Lipinski definition) is 5. The lowest BCUT2D eigenvalue weighted by Crippen LogP contribution is -2.26. The Morgan fingerprint density at radius 1 is 1.06 bits per heavy atom. The lowest BCUT2D eigenvalue weighted by molar-refractivity contribution is 0.669. The minimum atomic E-state index is -0.104. The quantitative estimate of drug-likeness (QED) is 0.211. The second kappa shape index (κ2) is 9.12. The van der Waals surface area contributed by atoms with Crippen molar-refractivity contribution in [1.82, 2.24) is 9.55 Å². The standard InChI is InChI=1S/C27H24N4O2/c28-14-5-1-2-8-26-30-18-23(27(32)31(26)15-13-19-9-10-19)29-17-20-11-12-25-22(16-20)21-6-3-4-7-24(21)33-25/h1-8,11-14,16,18,28-29H,9-10,15,17H2/b5-1-,8-2+,28-14?. The number of hydrogen-bond donors (Lipinski definition) is 2. The Labute approximate surface area is 191 Å². The summed E-state index contributed by atoms with van der Waals surface area (Å²) in [6, 6.07) is 14.1. The molecule has 2 aromatic carbocycles. The molecule has 0 spiro atoms. The molecule has 2 N–H and O–H groups in total. The Bertz CT molecular complexity index is 1480. The van der Waals surface area contributed by atoms with Gasteiger partial charge in [0.25, 0.3) is 5.56 Å². The van der Waals surface area contributed by atoms with E-state index in [4.69, 9.17) is 9.83 Å². The summed E-state index contributed by atoms with van der Waals surface area (Å²) in [6.07, 6.45) is 14.0. The van der Waals surface area contributed by atoms with Crippen molar-refractivity contribution in [2.24, 2.45) is 0 Å². The molecule has 0 unspecified atom stereocenters. The zero-order valence-electron chi connectivity index (χ0n) is 18.1. The molecule has 1 saturated carbocycles. The van der Waals surface area contributed by atoms with Crippen molar-refractivity contribution in [3.05, 3.63) is 100 Å². The number of anilines is 1. The van der Waals surface area contributed by atoms with E-state index in [1.165, 1.54) is 11.8 Å². The Morgan fingerprint density at radius 2 is 1.91 bits per heavy atom. The molecule has 164 valence electrons. The molecular formula is C27H24N4O2. The Balaban J connectivity index is 1.41. The van der Waals surface area contributed by atoms with Gasteiger partial charge in [0.2, 0.25) is 0 Å². The van der Waals surface area contributed by atoms with Crippen molar-refractivity contribution in [1.29, 1.82) is 5.41 Å². The van der Waals surface area contributed by atoms with Crippen molar-refractivity contribution >= 4 is 39.9 Å². The van der Waals surface area contributed by atoms with Crippen molar-refractivity contribution in [2.75, 3.05) is 5.32 Å². The van der Waals surface area contributed by atoms with Gasteiger partial charge in [0.05, 0.1) is 6.20 Å². The van der Waals surface area contributed by atoms with Crippen LogP contribution in [0.15, 0.2) is 87.8 Å². The Kier molecular flexibility index (Phi) is 5.72. The number of rotatable bonds is 8. The van der Waals surface area contributed by atoms with Gasteiger partial charge in [-0.15, -0.1) is 0 Å². The summed E-state index contributed by atoms with van der Waals surface area (Å²) in [5.41, 5.74) is 4.51. The van der Waals surface area contributed by atoms with Gasteiger partial charge in [-0.05, 0) is 48.8 Å². The summed E-state index contributed by atoms with van der Waals surface area (Å²) in [7, 11) is 0. The lowest BCUT2D eigenvalue weighted by atomic mass is 10.1. The number of benzene rings is 2. The highest BCUT2D eigenvalue weighted by molar-refractivity contribution is 6.05. The van der Waals surface area contributed by atoms with Crippen LogP contribution >= 0.6 is 0 Å². The highest BCUT2D eigenvalue weighted by Crippen LogP contribution is 2.29. The number of nitrogens with zero attached hydrogens (tertiary/aromatic N) is 2. The normalized spacial score (nSPS) is 13.4. The van der Waals surface area contributed by atoms with Gasteiger partial charge in [-0.2, -0.15) is 0 Å². The van der Waals surface area contributed by atoms with E-state index >= 15 is 0 Å². The molecule has 2 heterocycles. The molecule has 0 radical (unpaired) electrons. The first kappa shape index (κ1) is 20.7. The average molecular weight is 437 g/mol. The van der Waals surface area contributed by atoms with Gasteiger partial charge in [-0.3, -0.25) is 9.36 Å². The molecule has 0 amide bonds. The molecular weight excluding hydrogens is 412 g/mol. The third kappa shape index (κ3) is 4.55. The molecule has 33 heavy (non-hydrogen) atoms. The number of allylic oxidation sites excluding steroid dienone is 5. The maximum atomic E-state index is 13.2. The molecule has 6 nitrogen and oxygen atoms in total. The molecule has 0 aliphatic heterocycles. The maximum absolute atomic E-state index is 13.2. The zero-order valence-corrected chi connectivity index (χ0v) is 18.1. The van der Waals surface area contributed by atoms with Gasteiger partial charge in [-0.25, -0.2) is 4.98 Å². The van der Waals surface area contributed by atoms with Gasteiger partial charge >= 0.3 is 0 Å². The Morgan fingerprint density at radius 3 is 2.76 bits per heavy atom. The van der Waals surface area contributed by atoms with E-state index in [0.717, 1.165) is 40.3 Å². The third-order valence-corrected chi connectivity index (χ3v) is 5.67. The first-order valence-corrected chi connectivity index (χ1v) is 11.0. The molecule has 0 bridgehead atoms. The molecule has 4 aromatic rings. The SMILES string of the molecule is N=C/C=C\C=C\c1ncc(NCc2ccc3oc4ccccc4c3c2)c(=O)n1CC=C1CC1. The van der Waals surface area contributed by atoms with Crippen LogP contribution in [0.4, 0.5) is 5.69 Å². The van der Waals surface area contributed by atoms with E-state index in [1.54, 1.807) is 35.1 Å². The molecule has 1 fully saturated rings. The fraction of sp³-hybridized carbons (Fsp3) is 0.148. The summed E-state index contributed by atoms with van der Waals surface area (Å²) < 4.78 is 7.58. The lowest BCUT2D eigenvalue weighted by Gasteiger charge is -2.11. The highest BCUT2D eigenvalue weighted by Gasteiger charge is 2.13. The van der Waals surface area contributed by atoms with Crippen LogP contribution in [-0.4, -0.2) is 15.8 Å². The summed E-state index contributed by atoms with van der Waals surface area (Å²) in [5.74, 6) is 0.587. The van der Waals surface area contributed by atoms with E-state index < -0.39 is 0 Å². The van der Waals surface area contributed by atoms with E-state index in [0.29, 0.717) is 24.6 Å². The van der Waals surface area contributed by atoms with E-state index in [-0.39, 0.29) is 5.56 Å². The molecule has 6 heteroatoms. The van der Waals surface area contributed by atoms with E-state index in [2.05, 4.69) is 28.5 Å². The van der Waals surface area contributed by atoms with Crippen molar-refractivity contribution < 1.29 is 4.42 Å². The molecule has 0 saturated heterocycles. The number of furan rings is 1. The van der Waals surface area contributed by atoms with Crippen molar-refractivity contribution in [3.63, 3.8) is 0 Å². The first-order chi connectivity index (χ1) is 16.2. The van der Waals surface area contributed by atoms with Gasteiger partial charge in [0.15, 0.2) is 0 Å². The van der Waals surface area contributed by atoms with Crippen LogP contribution in [0, 0.1) is 5.41 Å². The van der Waals surface area contributed by atoms with Gasteiger partial charge in [0, 0.05) is 30.1 Å².